The maximum atomic E-state index is 2.16. The van der Waals surface area contributed by atoms with Crippen LogP contribution in [0.3, 0.4) is 0 Å². The summed E-state index contributed by atoms with van der Waals surface area (Å²) < 4.78 is 0. The third kappa shape index (κ3) is 4.13. The molecule has 0 aromatic rings. The Hall–Kier alpha value is -0.780. The summed E-state index contributed by atoms with van der Waals surface area (Å²) >= 11 is 0. The lowest BCUT2D eigenvalue weighted by Crippen LogP contribution is -1.70. The molecule has 0 aliphatic rings. The van der Waals surface area contributed by atoms with Crippen molar-refractivity contribution in [2.24, 2.45) is 0 Å². The molecule has 0 saturated carbocycles. The van der Waals surface area contributed by atoms with E-state index in [4.69, 9.17) is 0 Å². The number of hydrogen-bond donors (Lipinski definition) is 0. The molecule has 56 valence electrons. The van der Waals surface area contributed by atoms with Gasteiger partial charge in [0.1, 0.15) is 0 Å². The van der Waals surface area contributed by atoms with E-state index in [1.807, 2.05) is 19.9 Å². The summed E-state index contributed by atoms with van der Waals surface area (Å²) in [6.45, 7) is 6.23. The zero-order valence-corrected chi connectivity index (χ0v) is 7.09. The van der Waals surface area contributed by atoms with Crippen molar-refractivity contribution < 1.29 is 0 Å². The average molecular weight is 136 g/mol. The van der Waals surface area contributed by atoms with Crippen molar-refractivity contribution in [1.82, 2.24) is 0 Å². The Bertz CT molecular complexity index is 147. The van der Waals surface area contributed by atoms with Gasteiger partial charge in [0.15, 0.2) is 0 Å². The van der Waals surface area contributed by atoms with E-state index in [-0.39, 0.29) is 0 Å². The molecule has 0 spiro atoms. The second-order valence-electron chi connectivity index (χ2n) is 2.12. The Kier molecular flexibility index (Phi) is 5.85. The minimum Gasteiger partial charge on any atom is -0.0877 e. The predicted octanol–water partition coefficient (Wildman–Crippen LogP) is 3.48. The van der Waals surface area contributed by atoms with Crippen LogP contribution in [0.15, 0.2) is 36.0 Å². The summed E-state index contributed by atoms with van der Waals surface area (Å²) in [7, 11) is 0. The van der Waals surface area contributed by atoms with Gasteiger partial charge in [-0.05, 0) is 25.8 Å². The number of rotatable bonds is 3. The van der Waals surface area contributed by atoms with Crippen LogP contribution in [0.2, 0.25) is 0 Å². The summed E-state index contributed by atoms with van der Waals surface area (Å²) in [6, 6.07) is 0. The Morgan fingerprint density at radius 3 is 2.30 bits per heavy atom. The molecule has 0 bridgehead atoms. The largest absolute Gasteiger partial charge is 0.0877 e. The van der Waals surface area contributed by atoms with Crippen molar-refractivity contribution >= 4 is 0 Å². The van der Waals surface area contributed by atoms with Gasteiger partial charge in [-0.25, -0.2) is 0 Å². The fourth-order valence-electron chi connectivity index (χ4n) is 0.725. The fourth-order valence-corrected chi connectivity index (χ4v) is 0.725. The molecule has 0 heterocycles. The highest BCUT2D eigenvalue weighted by Crippen LogP contribution is 2.01. The molecule has 0 N–H and O–H groups in total. The molecule has 0 rings (SSSR count). The summed E-state index contributed by atoms with van der Waals surface area (Å²) in [5.74, 6) is 0. The minimum atomic E-state index is 1.11. The van der Waals surface area contributed by atoms with E-state index in [1.54, 1.807) is 0 Å². The normalized spacial score (nSPS) is 13.7. The van der Waals surface area contributed by atoms with Gasteiger partial charge in [-0.2, -0.15) is 0 Å². The first kappa shape index (κ1) is 9.22. The molecule has 0 saturated heterocycles. The Morgan fingerprint density at radius 1 is 1.20 bits per heavy atom. The fraction of sp³-hybridized carbons (Fsp3) is 0.400. The molecule has 0 aliphatic heterocycles. The summed E-state index contributed by atoms with van der Waals surface area (Å²) in [4.78, 5) is 0. The smallest absolute Gasteiger partial charge is 0.0308 e. The predicted molar refractivity (Wildman–Crippen MR) is 48.0 cm³/mol. The molecule has 0 heteroatoms. The van der Waals surface area contributed by atoms with Gasteiger partial charge in [-0.15, -0.1) is 0 Å². The van der Waals surface area contributed by atoms with Gasteiger partial charge in [0.2, 0.25) is 0 Å². The highest BCUT2D eigenvalue weighted by atomic mass is 13.9. The monoisotopic (exact) mass is 136 g/mol. The molecule has 10 heavy (non-hydrogen) atoms. The Labute approximate surface area is 64.0 Å². The van der Waals surface area contributed by atoms with Crippen molar-refractivity contribution in [2.45, 2.75) is 27.2 Å². The van der Waals surface area contributed by atoms with E-state index in [9.17, 15) is 0 Å². The zero-order valence-electron chi connectivity index (χ0n) is 7.09. The molecule has 0 aromatic heterocycles. The minimum absolute atomic E-state index is 1.11. The molecule has 0 radical (unpaired) electrons. The molecular formula is C10H16. The topological polar surface area (TPSA) is 0 Å². The van der Waals surface area contributed by atoms with Crippen molar-refractivity contribution in [2.75, 3.05) is 0 Å². The molecule has 0 aromatic carbocycles. The Balaban J connectivity index is 4.04. The van der Waals surface area contributed by atoms with E-state index < -0.39 is 0 Å². The highest BCUT2D eigenvalue weighted by molar-refractivity contribution is 5.22. The van der Waals surface area contributed by atoms with Crippen LogP contribution in [-0.4, -0.2) is 0 Å². The summed E-state index contributed by atoms with van der Waals surface area (Å²) in [5.41, 5.74) is 1.38. The van der Waals surface area contributed by atoms with E-state index in [0.717, 1.165) is 6.42 Å². The van der Waals surface area contributed by atoms with Crippen molar-refractivity contribution in [1.29, 1.82) is 0 Å². The lowest BCUT2D eigenvalue weighted by atomic mass is 10.2. The highest BCUT2D eigenvalue weighted by Gasteiger charge is 1.81. The molecule has 0 unspecified atom stereocenters. The van der Waals surface area contributed by atoms with Crippen LogP contribution in [0.4, 0.5) is 0 Å². The zero-order chi connectivity index (χ0) is 7.82. The third-order valence-electron chi connectivity index (χ3n) is 1.29. The summed E-state index contributed by atoms with van der Waals surface area (Å²) in [6.07, 6.45) is 11.6. The van der Waals surface area contributed by atoms with Gasteiger partial charge in [0, 0.05) is 0 Å². The molecule has 0 aliphatic carbocycles. The maximum absolute atomic E-state index is 2.16. The van der Waals surface area contributed by atoms with Crippen molar-refractivity contribution in [3.8, 4) is 0 Å². The standard InChI is InChI=1S/C10H16/c1-4-7-9-10(6-3)8-5-2/h4-5,7-9H,6H2,1-3H3/b7-4+,8-5-,10-9-. The van der Waals surface area contributed by atoms with Crippen molar-refractivity contribution in [3.63, 3.8) is 0 Å². The SMILES string of the molecule is C\C=C/C(=C\C=C\C)CC. The first-order valence-corrected chi connectivity index (χ1v) is 3.79. The Morgan fingerprint density at radius 2 is 1.90 bits per heavy atom. The van der Waals surface area contributed by atoms with Gasteiger partial charge in [0.25, 0.3) is 0 Å². The van der Waals surface area contributed by atoms with Gasteiger partial charge < -0.3 is 0 Å². The molecular weight excluding hydrogens is 120 g/mol. The van der Waals surface area contributed by atoms with Crippen LogP contribution in [0.25, 0.3) is 0 Å². The first-order valence-electron chi connectivity index (χ1n) is 3.79. The van der Waals surface area contributed by atoms with E-state index in [0.29, 0.717) is 0 Å². The lowest BCUT2D eigenvalue weighted by molar-refractivity contribution is 1.15. The van der Waals surface area contributed by atoms with Crippen LogP contribution in [0.5, 0.6) is 0 Å². The average Bonchev–Trinajstić information content (AvgIpc) is 1.98. The third-order valence-corrected chi connectivity index (χ3v) is 1.29. The van der Waals surface area contributed by atoms with E-state index in [1.165, 1.54) is 5.57 Å². The van der Waals surface area contributed by atoms with Crippen LogP contribution in [-0.2, 0) is 0 Å². The second-order valence-corrected chi connectivity index (χ2v) is 2.12. The van der Waals surface area contributed by atoms with Gasteiger partial charge in [0.05, 0.1) is 0 Å². The van der Waals surface area contributed by atoms with Crippen molar-refractivity contribution in [3.05, 3.63) is 36.0 Å². The maximum Gasteiger partial charge on any atom is -0.0308 e. The number of hydrogen-bond acceptors (Lipinski definition) is 0. The van der Waals surface area contributed by atoms with Crippen LogP contribution >= 0.6 is 0 Å². The molecule has 0 fully saturated rings. The van der Waals surface area contributed by atoms with Crippen LogP contribution < -0.4 is 0 Å². The van der Waals surface area contributed by atoms with Crippen LogP contribution in [0, 0.1) is 0 Å². The van der Waals surface area contributed by atoms with Crippen LogP contribution in [0.1, 0.15) is 27.2 Å². The molecule has 0 atom stereocenters. The lowest BCUT2D eigenvalue weighted by Gasteiger charge is -1.91. The first-order chi connectivity index (χ1) is 4.85. The van der Waals surface area contributed by atoms with Gasteiger partial charge in [-0.3, -0.25) is 0 Å². The second kappa shape index (κ2) is 6.34. The van der Waals surface area contributed by atoms with Gasteiger partial charge >= 0.3 is 0 Å². The quantitative estimate of drug-likeness (QED) is 0.521. The number of allylic oxidation sites excluding steroid dienone is 6. The molecule has 0 nitrogen and oxygen atoms in total. The van der Waals surface area contributed by atoms with E-state index in [2.05, 4.69) is 31.2 Å². The van der Waals surface area contributed by atoms with E-state index >= 15 is 0 Å². The van der Waals surface area contributed by atoms with Gasteiger partial charge in [-0.1, -0.05) is 37.3 Å². The molecule has 0 amide bonds. The summed E-state index contributed by atoms with van der Waals surface area (Å²) in [5, 5.41) is 0.